The van der Waals surface area contributed by atoms with E-state index in [-0.39, 0.29) is 23.6 Å². The molecule has 0 spiro atoms. The Morgan fingerprint density at radius 2 is 1.97 bits per heavy atom. The van der Waals surface area contributed by atoms with Gasteiger partial charge < -0.3 is 15.3 Å². The van der Waals surface area contributed by atoms with Crippen LogP contribution in [0.3, 0.4) is 0 Å². The van der Waals surface area contributed by atoms with Gasteiger partial charge in [0.1, 0.15) is 28.9 Å². The number of hydrogen-bond acceptors (Lipinski definition) is 5. The fourth-order valence-electron chi connectivity index (χ4n) is 4.13. The predicted molar refractivity (Wildman–Crippen MR) is 123 cm³/mol. The van der Waals surface area contributed by atoms with E-state index < -0.39 is 57.6 Å². The average molecular weight is 531 g/mol. The molecule has 36 heavy (non-hydrogen) atoms. The second-order valence-electron chi connectivity index (χ2n) is 8.63. The van der Waals surface area contributed by atoms with Crippen LogP contribution in [0.5, 0.6) is 0 Å². The maximum atomic E-state index is 14.9. The number of fused-ring (bicyclic) bond motifs is 1. The highest BCUT2D eigenvalue weighted by Crippen LogP contribution is 2.30. The Morgan fingerprint density at radius 1 is 1.28 bits per heavy atom. The van der Waals surface area contributed by atoms with Crippen LogP contribution in [-0.2, 0) is 0 Å². The summed E-state index contributed by atoms with van der Waals surface area (Å²) in [6.45, 7) is 2.79. The minimum Gasteiger partial charge on any atom is -0.391 e. The van der Waals surface area contributed by atoms with Gasteiger partial charge in [-0.05, 0) is 38.5 Å². The van der Waals surface area contributed by atoms with Gasteiger partial charge in [0.15, 0.2) is 11.5 Å². The van der Waals surface area contributed by atoms with Crippen molar-refractivity contribution < 1.29 is 31.9 Å². The van der Waals surface area contributed by atoms with Gasteiger partial charge in [0.2, 0.25) is 5.43 Å². The normalized spacial score (nSPS) is 19.1. The summed E-state index contributed by atoms with van der Waals surface area (Å²) in [5.41, 5.74) is -2.29. The van der Waals surface area contributed by atoms with Crippen molar-refractivity contribution in [1.29, 1.82) is 0 Å². The van der Waals surface area contributed by atoms with E-state index in [0.717, 1.165) is 16.8 Å². The molecule has 0 aliphatic carbocycles. The summed E-state index contributed by atoms with van der Waals surface area (Å²) >= 11 is 6.10. The lowest BCUT2D eigenvalue weighted by atomic mass is 10.1. The number of carbonyl (C=O) groups excluding carboxylic acids is 1. The molecule has 3 atom stereocenters. The molecule has 1 amide bonds. The van der Waals surface area contributed by atoms with Gasteiger partial charge in [0, 0.05) is 24.8 Å². The van der Waals surface area contributed by atoms with Crippen molar-refractivity contribution in [3.63, 3.8) is 0 Å². The topological polar surface area (TPSA) is 87.5 Å². The molecule has 3 aromatic rings. The van der Waals surface area contributed by atoms with Crippen LogP contribution in [0.25, 0.3) is 16.7 Å². The first-order valence-corrected chi connectivity index (χ1v) is 11.2. The summed E-state index contributed by atoms with van der Waals surface area (Å²) in [6.07, 6.45) is -4.11. The smallest absolute Gasteiger partial charge is 0.391 e. The van der Waals surface area contributed by atoms with Crippen LogP contribution in [-0.4, -0.2) is 51.5 Å². The predicted octanol–water partition coefficient (Wildman–Crippen LogP) is 3.96. The van der Waals surface area contributed by atoms with Crippen LogP contribution in [0.15, 0.2) is 35.3 Å². The fraction of sp³-hybridized carbons (Fsp3) is 0.348. The third-order valence-corrected chi connectivity index (χ3v) is 6.28. The van der Waals surface area contributed by atoms with Gasteiger partial charge in [-0.3, -0.25) is 14.2 Å². The number of hydrogen-bond donors (Lipinski definition) is 2. The molecule has 3 unspecified atom stereocenters. The number of rotatable bonds is 4. The molecular weight excluding hydrogens is 511 g/mol. The number of amides is 1. The summed E-state index contributed by atoms with van der Waals surface area (Å²) in [4.78, 5) is 32.0. The zero-order valence-electron chi connectivity index (χ0n) is 18.9. The van der Waals surface area contributed by atoms with E-state index in [1.807, 2.05) is 6.92 Å². The number of pyridine rings is 2. The first-order chi connectivity index (χ1) is 16.8. The molecule has 4 rings (SSSR count). The van der Waals surface area contributed by atoms with Crippen LogP contribution in [0.1, 0.15) is 30.6 Å². The molecule has 1 aliphatic rings. The average Bonchev–Trinajstić information content (AvgIpc) is 3.11. The molecule has 0 bridgehead atoms. The van der Waals surface area contributed by atoms with Gasteiger partial charge in [0.05, 0.1) is 16.5 Å². The van der Waals surface area contributed by atoms with Crippen molar-refractivity contribution >= 4 is 34.4 Å². The largest absolute Gasteiger partial charge is 0.408 e. The monoisotopic (exact) mass is 530 g/mol. The van der Waals surface area contributed by atoms with Crippen molar-refractivity contribution in [3.05, 3.63) is 62.9 Å². The van der Waals surface area contributed by atoms with Gasteiger partial charge in [-0.1, -0.05) is 11.6 Å². The molecular formula is C23H20ClF5N4O3. The van der Waals surface area contributed by atoms with E-state index in [2.05, 4.69) is 4.98 Å². The SMILES string of the molecule is CC1CC(O)CN1c1ccc2c(=O)c(C(=O)NC(C)C(F)(F)F)cn(-c3c(F)cc(F)cc3Cl)c2n1. The Bertz CT molecular complexity index is 1390. The maximum absolute atomic E-state index is 14.9. The lowest BCUT2D eigenvalue weighted by Gasteiger charge is -2.23. The van der Waals surface area contributed by atoms with Crippen molar-refractivity contribution in [2.75, 3.05) is 11.4 Å². The molecule has 192 valence electrons. The van der Waals surface area contributed by atoms with Gasteiger partial charge in [-0.15, -0.1) is 0 Å². The summed E-state index contributed by atoms with van der Waals surface area (Å²) in [5, 5.41) is 11.1. The second-order valence-corrected chi connectivity index (χ2v) is 9.04. The number of aliphatic hydroxyl groups excluding tert-OH is 1. The second kappa shape index (κ2) is 9.32. The molecule has 3 heterocycles. The number of halogens is 6. The first kappa shape index (κ1) is 25.8. The lowest BCUT2D eigenvalue weighted by molar-refractivity contribution is -0.149. The van der Waals surface area contributed by atoms with Crippen LogP contribution in [0, 0.1) is 11.6 Å². The van der Waals surface area contributed by atoms with Crippen molar-refractivity contribution in [2.45, 2.75) is 44.6 Å². The molecule has 0 saturated carbocycles. The maximum Gasteiger partial charge on any atom is 0.408 e. The lowest BCUT2D eigenvalue weighted by Crippen LogP contribution is -2.44. The number of β-amino-alcohol motifs (C(OH)–C–C–N with tert-alkyl or cyclic N) is 1. The van der Waals surface area contributed by atoms with Gasteiger partial charge in [-0.2, -0.15) is 13.2 Å². The third kappa shape index (κ3) is 4.74. The highest BCUT2D eigenvalue weighted by molar-refractivity contribution is 6.32. The molecule has 1 fully saturated rings. The van der Waals surface area contributed by atoms with Gasteiger partial charge >= 0.3 is 6.18 Å². The first-order valence-electron chi connectivity index (χ1n) is 10.8. The molecule has 2 aromatic heterocycles. The van der Waals surface area contributed by atoms with Crippen molar-refractivity contribution in [1.82, 2.24) is 14.9 Å². The number of aliphatic hydroxyl groups is 1. The van der Waals surface area contributed by atoms with E-state index in [9.17, 15) is 36.6 Å². The number of nitrogens with zero attached hydrogens (tertiary/aromatic N) is 3. The minimum atomic E-state index is -4.77. The van der Waals surface area contributed by atoms with E-state index in [4.69, 9.17) is 11.6 Å². The Labute approximate surface area is 206 Å². The molecule has 1 aliphatic heterocycles. The van der Waals surface area contributed by atoms with Crippen molar-refractivity contribution in [2.24, 2.45) is 0 Å². The Kier molecular flexibility index (Phi) is 6.69. The van der Waals surface area contributed by atoms with Crippen LogP contribution in [0.2, 0.25) is 5.02 Å². The molecule has 7 nitrogen and oxygen atoms in total. The van der Waals surface area contributed by atoms with E-state index in [1.165, 1.54) is 12.1 Å². The zero-order valence-corrected chi connectivity index (χ0v) is 19.7. The summed E-state index contributed by atoms with van der Waals surface area (Å²) < 4.78 is 68.5. The Hall–Kier alpha value is -3.25. The highest BCUT2D eigenvalue weighted by Gasteiger charge is 2.37. The standard InChI is InChI=1S/C23H20ClF5N4O3/c1-10-5-13(34)8-32(10)18-4-3-14-20(35)15(22(36)30-11(2)23(27,28)29)9-33(21(14)31-18)19-16(24)6-12(25)7-17(19)26/h3-4,6-7,9-11,13,34H,5,8H2,1-2H3,(H,30,36). The quantitative estimate of drug-likeness (QED) is 0.499. The van der Waals surface area contributed by atoms with Crippen LogP contribution in [0.4, 0.5) is 27.8 Å². The number of anilines is 1. The zero-order chi connectivity index (χ0) is 26.5. The number of carbonyl (C=O) groups is 1. The van der Waals surface area contributed by atoms with Gasteiger partial charge in [0.25, 0.3) is 5.91 Å². The van der Waals surface area contributed by atoms with Crippen molar-refractivity contribution in [3.8, 4) is 5.69 Å². The van der Waals surface area contributed by atoms with Crippen LogP contribution < -0.4 is 15.6 Å². The summed E-state index contributed by atoms with van der Waals surface area (Å²) in [5.74, 6) is -3.17. The number of aromatic nitrogens is 2. The molecule has 13 heteroatoms. The number of alkyl halides is 3. The molecule has 2 N–H and O–H groups in total. The van der Waals surface area contributed by atoms with E-state index >= 15 is 0 Å². The summed E-state index contributed by atoms with van der Waals surface area (Å²) in [7, 11) is 0. The van der Waals surface area contributed by atoms with Crippen LogP contribution >= 0.6 is 11.6 Å². The van der Waals surface area contributed by atoms with E-state index in [1.54, 1.807) is 10.2 Å². The third-order valence-electron chi connectivity index (χ3n) is 5.99. The molecule has 0 radical (unpaired) electrons. The minimum absolute atomic E-state index is 0.120. The Morgan fingerprint density at radius 3 is 2.56 bits per heavy atom. The summed E-state index contributed by atoms with van der Waals surface area (Å²) in [6, 6.07) is 1.68. The number of nitrogens with one attached hydrogen (secondary N) is 1. The fourth-order valence-corrected chi connectivity index (χ4v) is 4.41. The molecule has 1 saturated heterocycles. The molecule has 1 aromatic carbocycles. The van der Waals surface area contributed by atoms with Gasteiger partial charge in [-0.25, -0.2) is 13.8 Å². The van der Waals surface area contributed by atoms with E-state index in [0.29, 0.717) is 25.2 Å². The number of benzene rings is 1. The highest BCUT2D eigenvalue weighted by atomic mass is 35.5. The Balaban J connectivity index is 1.96.